The fourth-order valence-corrected chi connectivity index (χ4v) is 1.48. The number of nitrogens with two attached hydrogens (primary N) is 1. The van der Waals surface area contributed by atoms with Gasteiger partial charge in [-0.25, -0.2) is 9.18 Å². The second-order valence-corrected chi connectivity index (χ2v) is 5.01. The summed E-state index contributed by atoms with van der Waals surface area (Å²) in [6, 6.07) is 1.23. The van der Waals surface area contributed by atoms with Crippen LogP contribution >= 0.6 is 0 Å². The summed E-state index contributed by atoms with van der Waals surface area (Å²) in [5.41, 5.74) is 4.86. The number of hydrogen-bond donors (Lipinski definition) is 3. The van der Waals surface area contributed by atoms with Gasteiger partial charge in [-0.1, -0.05) is 20.8 Å². The molecule has 0 radical (unpaired) electrons. The average Bonchev–Trinajstić information content (AvgIpc) is 2.15. The molecule has 1 rings (SSSR count). The Kier molecular flexibility index (Phi) is 3.43. The Morgan fingerprint density at radius 3 is 2.35 bits per heavy atom. The van der Waals surface area contributed by atoms with Crippen LogP contribution < -0.4 is 5.73 Å². The van der Waals surface area contributed by atoms with Crippen LogP contribution in [0.25, 0.3) is 0 Å². The monoisotopic (exact) mass is 241 g/mol. The SMILES string of the molecule is CC(C)(C)[C@H](N)c1c(F)ccc(C(=O)O)c1O. The van der Waals surface area contributed by atoms with Gasteiger partial charge >= 0.3 is 5.97 Å². The van der Waals surface area contributed by atoms with E-state index in [4.69, 9.17) is 10.8 Å². The first-order valence-electron chi connectivity index (χ1n) is 5.16. The fraction of sp³-hybridized carbons (Fsp3) is 0.417. The predicted octanol–water partition coefficient (Wildman–Crippen LogP) is 2.28. The third-order valence-corrected chi connectivity index (χ3v) is 2.64. The molecule has 0 aliphatic rings. The topological polar surface area (TPSA) is 83.6 Å². The largest absolute Gasteiger partial charge is 0.507 e. The zero-order valence-electron chi connectivity index (χ0n) is 9.99. The highest BCUT2D eigenvalue weighted by Gasteiger charge is 2.29. The Balaban J connectivity index is 3.42. The lowest BCUT2D eigenvalue weighted by atomic mass is 9.82. The zero-order chi connectivity index (χ0) is 13.4. The number of benzene rings is 1. The molecule has 17 heavy (non-hydrogen) atoms. The van der Waals surface area contributed by atoms with Crippen LogP contribution in [0.5, 0.6) is 5.75 Å². The molecule has 0 unspecified atom stereocenters. The first-order chi connectivity index (χ1) is 7.66. The van der Waals surface area contributed by atoms with E-state index < -0.39 is 29.0 Å². The lowest BCUT2D eigenvalue weighted by molar-refractivity contribution is 0.0693. The minimum atomic E-state index is -1.31. The van der Waals surface area contributed by atoms with E-state index in [1.807, 2.05) is 0 Å². The van der Waals surface area contributed by atoms with Gasteiger partial charge in [-0.2, -0.15) is 0 Å². The van der Waals surface area contributed by atoms with Crippen LogP contribution in [-0.4, -0.2) is 16.2 Å². The summed E-state index contributed by atoms with van der Waals surface area (Å²) in [6.45, 7) is 5.35. The number of halogens is 1. The number of phenols is 1. The number of rotatable bonds is 2. The van der Waals surface area contributed by atoms with Crippen LogP contribution in [0.15, 0.2) is 12.1 Å². The number of carboxylic acids is 1. The maximum absolute atomic E-state index is 13.6. The molecule has 0 bridgehead atoms. The molecular formula is C12H16FNO3. The number of carbonyl (C=O) groups is 1. The molecule has 0 amide bonds. The van der Waals surface area contributed by atoms with Crippen molar-refractivity contribution in [1.29, 1.82) is 0 Å². The van der Waals surface area contributed by atoms with E-state index in [1.165, 1.54) is 0 Å². The molecule has 0 spiro atoms. The number of aromatic carboxylic acids is 1. The molecule has 0 fully saturated rings. The molecule has 0 heterocycles. The maximum atomic E-state index is 13.6. The van der Waals surface area contributed by atoms with Crippen molar-refractivity contribution in [1.82, 2.24) is 0 Å². The quantitative estimate of drug-likeness (QED) is 0.741. The lowest BCUT2D eigenvalue weighted by Crippen LogP contribution is -2.27. The smallest absolute Gasteiger partial charge is 0.339 e. The highest BCUT2D eigenvalue weighted by molar-refractivity contribution is 5.91. The second kappa shape index (κ2) is 4.33. The molecule has 1 aromatic rings. The van der Waals surface area contributed by atoms with E-state index in [9.17, 15) is 14.3 Å². The summed E-state index contributed by atoms with van der Waals surface area (Å²) in [5.74, 6) is -2.61. The maximum Gasteiger partial charge on any atom is 0.339 e. The molecule has 4 N–H and O–H groups in total. The highest BCUT2D eigenvalue weighted by Crippen LogP contribution is 2.38. The Bertz CT molecular complexity index is 452. The van der Waals surface area contributed by atoms with E-state index >= 15 is 0 Å². The summed E-state index contributed by atoms with van der Waals surface area (Å²) in [4.78, 5) is 10.8. The molecule has 0 aromatic heterocycles. The number of aromatic hydroxyl groups is 1. The van der Waals surface area contributed by atoms with Crippen LogP contribution in [0.2, 0.25) is 0 Å². The Morgan fingerprint density at radius 1 is 1.41 bits per heavy atom. The third-order valence-electron chi connectivity index (χ3n) is 2.64. The van der Waals surface area contributed by atoms with E-state index in [1.54, 1.807) is 20.8 Å². The first-order valence-corrected chi connectivity index (χ1v) is 5.16. The molecule has 0 saturated carbocycles. The van der Waals surface area contributed by atoms with E-state index in [-0.39, 0.29) is 11.1 Å². The molecule has 4 nitrogen and oxygen atoms in total. The third kappa shape index (κ3) is 2.55. The van der Waals surface area contributed by atoms with Crippen LogP contribution in [0.1, 0.15) is 42.7 Å². The van der Waals surface area contributed by atoms with E-state index in [0.29, 0.717) is 0 Å². The Morgan fingerprint density at radius 2 is 1.94 bits per heavy atom. The van der Waals surface area contributed by atoms with Crippen molar-refractivity contribution in [3.05, 3.63) is 29.1 Å². The molecule has 1 atom stereocenters. The van der Waals surface area contributed by atoms with Crippen molar-refractivity contribution in [3.8, 4) is 5.75 Å². The lowest BCUT2D eigenvalue weighted by Gasteiger charge is -2.28. The van der Waals surface area contributed by atoms with Gasteiger partial charge < -0.3 is 15.9 Å². The summed E-state index contributed by atoms with van der Waals surface area (Å²) in [7, 11) is 0. The Labute approximate surface area is 98.9 Å². The van der Waals surface area contributed by atoms with Crippen LogP contribution in [0.3, 0.4) is 0 Å². The summed E-state index contributed by atoms with van der Waals surface area (Å²) in [6.07, 6.45) is 0. The molecule has 0 aliphatic carbocycles. The number of hydrogen-bond acceptors (Lipinski definition) is 3. The fourth-order valence-electron chi connectivity index (χ4n) is 1.48. The van der Waals surface area contributed by atoms with Gasteiger partial charge in [-0.05, 0) is 17.5 Å². The van der Waals surface area contributed by atoms with E-state index in [2.05, 4.69) is 0 Å². The van der Waals surface area contributed by atoms with Gasteiger partial charge in [0.05, 0.1) is 0 Å². The van der Waals surface area contributed by atoms with Crippen LogP contribution in [0.4, 0.5) is 4.39 Å². The average molecular weight is 241 g/mol. The number of carboxylic acid groups (broad SMARTS) is 1. The van der Waals surface area contributed by atoms with Gasteiger partial charge in [-0.15, -0.1) is 0 Å². The van der Waals surface area contributed by atoms with Gasteiger partial charge in [0.25, 0.3) is 0 Å². The van der Waals surface area contributed by atoms with Crippen molar-refractivity contribution in [3.63, 3.8) is 0 Å². The van der Waals surface area contributed by atoms with E-state index in [0.717, 1.165) is 12.1 Å². The van der Waals surface area contributed by atoms with Gasteiger partial charge in [0.15, 0.2) is 0 Å². The van der Waals surface area contributed by atoms with Crippen molar-refractivity contribution in [2.24, 2.45) is 11.1 Å². The summed E-state index contributed by atoms with van der Waals surface area (Å²) < 4.78 is 13.6. The highest BCUT2D eigenvalue weighted by atomic mass is 19.1. The van der Waals surface area contributed by atoms with Gasteiger partial charge in [0.1, 0.15) is 17.1 Å². The predicted molar refractivity (Wildman–Crippen MR) is 61.4 cm³/mol. The minimum Gasteiger partial charge on any atom is -0.507 e. The molecule has 94 valence electrons. The molecule has 0 aliphatic heterocycles. The first kappa shape index (κ1) is 13.4. The molecular weight excluding hydrogens is 225 g/mol. The van der Waals surface area contributed by atoms with Gasteiger partial charge in [0, 0.05) is 11.6 Å². The zero-order valence-corrected chi connectivity index (χ0v) is 9.99. The minimum absolute atomic E-state index is 0.155. The summed E-state index contributed by atoms with van der Waals surface area (Å²) in [5, 5.41) is 18.6. The second-order valence-electron chi connectivity index (χ2n) is 5.01. The molecule has 1 aromatic carbocycles. The van der Waals surface area contributed by atoms with Gasteiger partial charge in [-0.3, -0.25) is 0 Å². The van der Waals surface area contributed by atoms with Crippen LogP contribution in [0, 0.1) is 11.2 Å². The Hall–Kier alpha value is -1.62. The summed E-state index contributed by atoms with van der Waals surface area (Å²) >= 11 is 0. The van der Waals surface area contributed by atoms with Crippen LogP contribution in [-0.2, 0) is 0 Å². The molecule has 0 saturated heterocycles. The van der Waals surface area contributed by atoms with Crippen molar-refractivity contribution in [2.45, 2.75) is 26.8 Å². The standard InChI is InChI=1S/C12H16FNO3/c1-12(2,3)10(14)8-7(13)5-4-6(9(8)15)11(16)17/h4-5,10,15H,14H2,1-3H3,(H,16,17)/t10-/m1/s1. The normalized spacial score (nSPS) is 13.5. The molecule has 5 heteroatoms. The van der Waals surface area contributed by atoms with Crippen molar-refractivity contribution < 1.29 is 19.4 Å². The van der Waals surface area contributed by atoms with Gasteiger partial charge in [0.2, 0.25) is 0 Å². The van der Waals surface area contributed by atoms with Crippen molar-refractivity contribution in [2.75, 3.05) is 0 Å². The van der Waals surface area contributed by atoms with Crippen molar-refractivity contribution >= 4 is 5.97 Å².